The average molecular weight is 196 g/mol. The number of aromatic amines is 1. The number of hydrogen-bond acceptors (Lipinski definition) is 5. The quantitative estimate of drug-likeness (QED) is 0.734. The monoisotopic (exact) mass is 196 g/mol. The first kappa shape index (κ1) is 7.87. The molecule has 0 radical (unpaired) electrons. The van der Waals surface area contributed by atoms with Crippen LogP contribution >= 0.6 is 11.5 Å². The number of nitrogens with zero attached hydrogens (tertiary/aromatic N) is 3. The first-order valence-electron chi connectivity index (χ1n) is 3.33. The Kier molecular flexibility index (Phi) is 1.78. The van der Waals surface area contributed by atoms with E-state index in [9.17, 15) is 4.79 Å². The number of carboxylic acid groups (broad SMARTS) is 1. The molecule has 66 valence electrons. The van der Waals surface area contributed by atoms with E-state index in [1.54, 1.807) is 5.38 Å². The summed E-state index contributed by atoms with van der Waals surface area (Å²) in [6, 6.07) is 0. The number of aromatic carboxylic acids is 1. The SMILES string of the molecule is O=C(O)c1cn[nH]c1-c1csnn1. The molecule has 6 nitrogen and oxygen atoms in total. The molecule has 0 atom stereocenters. The van der Waals surface area contributed by atoms with Gasteiger partial charge >= 0.3 is 5.97 Å². The zero-order valence-corrected chi connectivity index (χ0v) is 7.08. The van der Waals surface area contributed by atoms with Gasteiger partial charge < -0.3 is 5.11 Å². The fourth-order valence-electron chi connectivity index (χ4n) is 0.917. The maximum atomic E-state index is 10.7. The molecule has 0 fully saturated rings. The number of carboxylic acids is 1. The summed E-state index contributed by atoms with van der Waals surface area (Å²) in [5, 5.41) is 20.3. The fraction of sp³-hybridized carbons (Fsp3) is 0. The summed E-state index contributed by atoms with van der Waals surface area (Å²) in [4.78, 5) is 10.7. The molecular formula is C6H4N4O2S. The largest absolute Gasteiger partial charge is 0.478 e. The lowest BCUT2D eigenvalue weighted by Gasteiger charge is -1.91. The van der Waals surface area contributed by atoms with E-state index in [4.69, 9.17) is 5.11 Å². The van der Waals surface area contributed by atoms with E-state index < -0.39 is 5.97 Å². The number of carbonyl (C=O) groups is 1. The smallest absolute Gasteiger partial charge is 0.339 e. The Hall–Kier alpha value is -1.76. The highest BCUT2D eigenvalue weighted by Gasteiger charge is 2.15. The summed E-state index contributed by atoms with van der Waals surface area (Å²) in [6.45, 7) is 0. The fourth-order valence-corrected chi connectivity index (χ4v) is 1.36. The Morgan fingerprint density at radius 3 is 3.08 bits per heavy atom. The van der Waals surface area contributed by atoms with Gasteiger partial charge in [0, 0.05) is 5.38 Å². The van der Waals surface area contributed by atoms with Gasteiger partial charge in [-0.1, -0.05) is 4.49 Å². The van der Waals surface area contributed by atoms with Gasteiger partial charge in [-0.2, -0.15) is 5.10 Å². The predicted molar refractivity (Wildman–Crippen MR) is 44.5 cm³/mol. The van der Waals surface area contributed by atoms with Crippen LogP contribution in [-0.2, 0) is 0 Å². The number of rotatable bonds is 2. The number of H-pyrrole nitrogens is 1. The molecule has 0 aromatic carbocycles. The molecule has 2 heterocycles. The van der Waals surface area contributed by atoms with Crippen LogP contribution in [0.25, 0.3) is 11.4 Å². The molecule has 7 heteroatoms. The normalized spacial score (nSPS) is 10.2. The lowest BCUT2D eigenvalue weighted by molar-refractivity contribution is 0.0698. The van der Waals surface area contributed by atoms with Crippen LogP contribution in [0.2, 0.25) is 0 Å². The minimum absolute atomic E-state index is 0.104. The van der Waals surface area contributed by atoms with E-state index in [0.717, 1.165) is 11.5 Å². The van der Waals surface area contributed by atoms with Gasteiger partial charge in [-0.15, -0.1) is 5.10 Å². The highest BCUT2D eigenvalue weighted by molar-refractivity contribution is 7.03. The summed E-state index contributed by atoms with van der Waals surface area (Å²) in [5.41, 5.74) is 0.994. The highest BCUT2D eigenvalue weighted by Crippen LogP contribution is 2.18. The van der Waals surface area contributed by atoms with Crippen molar-refractivity contribution in [1.29, 1.82) is 0 Å². The van der Waals surface area contributed by atoms with Gasteiger partial charge in [-0.3, -0.25) is 5.10 Å². The molecule has 0 saturated carbocycles. The van der Waals surface area contributed by atoms with E-state index in [2.05, 4.69) is 19.8 Å². The van der Waals surface area contributed by atoms with Gasteiger partial charge in [-0.05, 0) is 11.5 Å². The Labute approximate surface area is 76.4 Å². The Morgan fingerprint density at radius 1 is 1.62 bits per heavy atom. The molecule has 2 N–H and O–H groups in total. The summed E-state index contributed by atoms with van der Waals surface area (Å²) < 4.78 is 3.63. The van der Waals surface area contributed by atoms with Crippen molar-refractivity contribution in [2.75, 3.05) is 0 Å². The number of nitrogens with one attached hydrogen (secondary N) is 1. The molecule has 2 aromatic heterocycles. The third kappa shape index (κ3) is 1.29. The van der Waals surface area contributed by atoms with E-state index in [0.29, 0.717) is 11.4 Å². The Balaban J connectivity index is 2.52. The standard InChI is InChI=1S/C6H4N4O2S/c11-6(12)3-1-7-9-5(3)4-2-13-10-8-4/h1-2H,(H,7,9)(H,11,12). The molecule has 0 amide bonds. The second-order valence-electron chi connectivity index (χ2n) is 2.25. The summed E-state index contributed by atoms with van der Waals surface area (Å²) in [6.07, 6.45) is 1.25. The van der Waals surface area contributed by atoms with Gasteiger partial charge in [0.1, 0.15) is 17.0 Å². The summed E-state index contributed by atoms with van der Waals surface area (Å²) in [5.74, 6) is -1.03. The lowest BCUT2D eigenvalue weighted by Crippen LogP contribution is -1.96. The zero-order chi connectivity index (χ0) is 9.26. The molecule has 13 heavy (non-hydrogen) atoms. The van der Waals surface area contributed by atoms with Crippen LogP contribution in [0.15, 0.2) is 11.6 Å². The molecule has 2 aromatic rings. The van der Waals surface area contributed by atoms with Crippen LogP contribution in [0, 0.1) is 0 Å². The van der Waals surface area contributed by atoms with Crippen molar-refractivity contribution in [2.24, 2.45) is 0 Å². The van der Waals surface area contributed by atoms with E-state index in [1.807, 2.05) is 0 Å². The summed E-state index contributed by atoms with van der Waals surface area (Å²) >= 11 is 1.16. The highest BCUT2D eigenvalue weighted by atomic mass is 32.1. The zero-order valence-electron chi connectivity index (χ0n) is 6.26. The minimum Gasteiger partial charge on any atom is -0.478 e. The molecule has 0 aliphatic carbocycles. The molecular weight excluding hydrogens is 192 g/mol. The number of hydrogen-bond donors (Lipinski definition) is 2. The topological polar surface area (TPSA) is 91.8 Å². The first-order chi connectivity index (χ1) is 6.29. The van der Waals surface area contributed by atoms with Crippen LogP contribution in [0.4, 0.5) is 0 Å². The Morgan fingerprint density at radius 2 is 2.46 bits per heavy atom. The van der Waals surface area contributed by atoms with Crippen molar-refractivity contribution >= 4 is 17.5 Å². The average Bonchev–Trinajstić information content (AvgIpc) is 2.74. The van der Waals surface area contributed by atoms with Gasteiger partial charge in [0.2, 0.25) is 0 Å². The van der Waals surface area contributed by atoms with Crippen molar-refractivity contribution < 1.29 is 9.90 Å². The van der Waals surface area contributed by atoms with E-state index >= 15 is 0 Å². The molecule has 2 rings (SSSR count). The molecule has 0 aliphatic heterocycles. The number of aromatic nitrogens is 4. The van der Waals surface area contributed by atoms with E-state index in [1.165, 1.54) is 6.20 Å². The minimum atomic E-state index is -1.03. The summed E-state index contributed by atoms with van der Waals surface area (Å²) in [7, 11) is 0. The second-order valence-corrected chi connectivity index (χ2v) is 2.86. The molecule has 0 aliphatic rings. The van der Waals surface area contributed by atoms with Gasteiger partial charge in [0.25, 0.3) is 0 Å². The Bertz CT molecular complexity index is 422. The van der Waals surface area contributed by atoms with Gasteiger partial charge in [-0.25, -0.2) is 4.79 Å². The maximum absolute atomic E-state index is 10.7. The van der Waals surface area contributed by atoms with E-state index in [-0.39, 0.29) is 5.56 Å². The lowest BCUT2D eigenvalue weighted by atomic mass is 10.2. The van der Waals surface area contributed by atoms with Crippen molar-refractivity contribution in [1.82, 2.24) is 19.8 Å². The van der Waals surface area contributed by atoms with Crippen molar-refractivity contribution in [3.05, 3.63) is 17.1 Å². The first-order valence-corrected chi connectivity index (χ1v) is 4.17. The van der Waals surface area contributed by atoms with Crippen LogP contribution in [0.3, 0.4) is 0 Å². The molecule has 0 spiro atoms. The van der Waals surface area contributed by atoms with Crippen molar-refractivity contribution in [3.63, 3.8) is 0 Å². The predicted octanol–water partition coefficient (Wildman–Crippen LogP) is 0.626. The molecule has 0 bridgehead atoms. The molecule has 0 unspecified atom stereocenters. The van der Waals surface area contributed by atoms with Crippen molar-refractivity contribution in [2.45, 2.75) is 0 Å². The van der Waals surface area contributed by atoms with Gasteiger partial charge in [0.15, 0.2) is 0 Å². The second kappa shape index (κ2) is 2.94. The van der Waals surface area contributed by atoms with Gasteiger partial charge in [0.05, 0.1) is 6.20 Å². The van der Waals surface area contributed by atoms with Crippen LogP contribution < -0.4 is 0 Å². The molecule has 0 saturated heterocycles. The van der Waals surface area contributed by atoms with Crippen molar-refractivity contribution in [3.8, 4) is 11.4 Å². The maximum Gasteiger partial charge on any atom is 0.339 e. The van der Waals surface area contributed by atoms with Crippen LogP contribution in [0.5, 0.6) is 0 Å². The van der Waals surface area contributed by atoms with Crippen LogP contribution in [0.1, 0.15) is 10.4 Å². The third-order valence-electron chi connectivity index (χ3n) is 1.49. The van der Waals surface area contributed by atoms with Crippen LogP contribution in [-0.4, -0.2) is 30.9 Å². The third-order valence-corrected chi connectivity index (χ3v) is 1.99.